The number of amides is 1. The molecule has 0 aromatic heterocycles. The van der Waals surface area contributed by atoms with Gasteiger partial charge in [0, 0.05) is 18.3 Å². The quantitative estimate of drug-likeness (QED) is 0.780. The molecule has 1 aromatic carbocycles. The van der Waals surface area contributed by atoms with Crippen molar-refractivity contribution in [3.63, 3.8) is 0 Å². The Balaban J connectivity index is 2.62. The summed E-state index contributed by atoms with van der Waals surface area (Å²) in [7, 11) is 1.93. The van der Waals surface area contributed by atoms with E-state index in [1.54, 1.807) is 0 Å². The zero-order valence-electron chi connectivity index (χ0n) is 11.6. The standard InChI is InChI=1S/C14H23N3O/c1-10(2)16-14(18)11(3)17(4)9-12-7-5-6-8-13(12)15/h5-8,10-11H,9,15H2,1-4H3,(H,16,18). The molecule has 1 amide bonds. The number of carbonyl (C=O) groups is 1. The number of hydrogen-bond acceptors (Lipinski definition) is 3. The summed E-state index contributed by atoms with van der Waals surface area (Å²) in [6, 6.07) is 7.72. The minimum Gasteiger partial charge on any atom is -0.398 e. The van der Waals surface area contributed by atoms with Gasteiger partial charge in [-0.25, -0.2) is 0 Å². The number of benzene rings is 1. The van der Waals surface area contributed by atoms with Crippen molar-refractivity contribution in [2.24, 2.45) is 0 Å². The van der Waals surface area contributed by atoms with Gasteiger partial charge in [0.15, 0.2) is 0 Å². The van der Waals surface area contributed by atoms with Crippen LogP contribution in [0, 0.1) is 0 Å². The zero-order chi connectivity index (χ0) is 13.7. The molecule has 4 nitrogen and oxygen atoms in total. The molecule has 0 aliphatic carbocycles. The maximum Gasteiger partial charge on any atom is 0.237 e. The van der Waals surface area contributed by atoms with Crippen LogP contribution in [0.3, 0.4) is 0 Å². The number of likely N-dealkylation sites (N-methyl/N-ethyl adjacent to an activating group) is 1. The lowest BCUT2D eigenvalue weighted by molar-refractivity contribution is -0.126. The number of nitrogens with zero attached hydrogens (tertiary/aromatic N) is 1. The number of para-hydroxylation sites is 1. The average Bonchev–Trinajstić information content (AvgIpc) is 2.30. The summed E-state index contributed by atoms with van der Waals surface area (Å²) in [5.74, 6) is 0.0435. The van der Waals surface area contributed by atoms with E-state index in [2.05, 4.69) is 5.32 Å². The third-order valence-corrected chi connectivity index (χ3v) is 2.95. The average molecular weight is 249 g/mol. The summed E-state index contributed by atoms with van der Waals surface area (Å²) in [6.07, 6.45) is 0. The van der Waals surface area contributed by atoms with E-state index in [9.17, 15) is 4.79 Å². The Morgan fingerprint density at radius 1 is 1.33 bits per heavy atom. The fraction of sp³-hybridized carbons (Fsp3) is 0.500. The van der Waals surface area contributed by atoms with Crippen LogP contribution < -0.4 is 11.1 Å². The third kappa shape index (κ3) is 4.04. The van der Waals surface area contributed by atoms with Crippen molar-refractivity contribution in [3.8, 4) is 0 Å². The van der Waals surface area contributed by atoms with Crippen molar-refractivity contribution < 1.29 is 4.79 Å². The Morgan fingerprint density at radius 2 is 1.94 bits per heavy atom. The van der Waals surface area contributed by atoms with E-state index in [4.69, 9.17) is 5.73 Å². The van der Waals surface area contributed by atoms with Crippen LogP contribution in [-0.2, 0) is 11.3 Å². The van der Waals surface area contributed by atoms with E-state index in [1.807, 2.05) is 57.0 Å². The molecule has 0 spiro atoms. The zero-order valence-corrected chi connectivity index (χ0v) is 11.6. The summed E-state index contributed by atoms with van der Waals surface area (Å²) in [6.45, 7) is 6.48. The number of rotatable bonds is 5. The maximum absolute atomic E-state index is 11.9. The fourth-order valence-electron chi connectivity index (χ4n) is 1.69. The van der Waals surface area contributed by atoms with E-state index >= 15 is 0 Å². The van der Waals surface area contributed by atoms with Gasteiger partial charge in [0.05, 0.1) is 6.04 Å². The molecule has 0 bridgehead atoms. The minimum atomic E-state index is -0.174. The van der Waals surface area contributed by atoms with Crippen LogP contribution in [0.2, 0.25) is 0 Å². The molecule has 1 rings (SSSR count). The highest BCUT2D eigenvalue weighted by molar-refractivity contribution is 5.81. The first kappa shape index (κ1) is 14.5. The molecule has 0 heterocycles. The normalized spacial score (nSPS) is 12.8. The summed E-state index contributed by atoms with van der Waals surface area (Å²) in [4.78, 5) is 13.9. The Bertz CT molecular complexity index is 404. The molecule has 1 unspecified atom stereocenters. The molecule has 4 heteroatoms. The lowest BCUT2D eigenvalue weighted by atomic mass is 10.1. The molecular weight excluding hydrogens is 226 g/mol. The number of nitrogens with one attached hydrogen (secondary N) is 1. The third-order valence-electron chi connectivity index (χ3n) is 2.95. The molecule has 0 fully saturated rings. The van der Waals surface area contributed by atoms with Crippen LogP contribution in [0.4, 0.5) is 5.69 Å². The molecule has 1 aromatic rings. The first-order chi connectivity index (χ1) is 8.41. The molecule has 0 aliphatic rings. The van der Waals surface area contributed by atoms with Crippen LogP contribution in [0.15, 0.2) is 24.3 Å². The molecular formula is C14H23N3O. The lowest BCUT2D eigenvalue weighted by Gasteiger charge is -2.25. The highest BCUT2D eigenvalue weighted by Gasteiger charge is 2.18. The van der Waals surface area contributed by atoms with Crippen molar-refractivity contribution in [1.29, 1.82) is 0 Å². The summed E-state index contributed by atoms with van der Waals surface area (Å²) >= 11 is 0. The van der Waals surface area contributed by atoms with E-state index in [-0.39, 0.29) is 18.0 Å². The van der Waals surface area contributed by atoms with Crippen LogP contribution >= 0.6 is 0 Å². The lowest BCUT2D eigenvalue weighted by Crippen LogP contribution is -2.45. The van der Waals surface area contributed by atoms with E-state index in [1.165, 1.54) is 0 Å². The molecule has 0 radical (unpaired) electrons. The molecule has 18 heavy (non-hydrogen) atoms. The van der Waals surface area contributed by atoms with Crippen molar-refractivity contribution in [1.82, 2.24) is 10.2 Å². The molecule has 100 valence electrons. The van der Waals surface area contributed by atoms with Gasteiger partial charge in [0.25, 0.3) is 0 Å². The van der Waals surface area contributed by atoms with Crippen molar-refractivity contribution in [2.75, 3.05) is 12.8 Å². The molecule has 1 atom stereocenters. The van der Waals surface area contributed by atoms with Crippen molar-refractivity contribution in [2.45, 2.75) is 39.4 Å². The second-order valence-electron chi connectivity index (χ2n) is 4.95. The highest BCUT2D eigenvalue weighted by atomic mass is 16.2. The van der Waals surface area contributed by atoms with Gasteiger partial charge in [-0.3, -0.25) is 9.69 Å². The SMILES string of the molecule is CC(C)NC(=O)C(C)N(C)Cc1ccccc1N. The van der Waals surface area contributed by atoms with Crippen LogP contribution in [-0.4, -0.2) is 29.9 Å². The Morgan fingerprint density at radius 3 is 2.50 bits per heavy atom. The Hall–Kier alpha value is -1.55. The van der Waals surface area contributed by atoms with E-state index in [0.717, 1.165) is 11.3 Å². The van der Waals surface area contributed by atoms with Gasteiger partial charge in [0.1, 0.15) is 0 Å². The van der Waals surface area contributed by atoms with E-state index in [0.29, 0.717) is 6.54 Å². The van der Waals surface area contributed by atoms with Crippen molar-refractivity contribution >= 4 is 11.6 Å². The maximum atomic E-state index is 11.9. The van der Waals surface area contributed by atoms with Crippen LogP contribution in [0.5, 0.6) is 0 Å². The molecule has 3 N–H and O–H groups in total. The Kier molecular flexibility index (Phi) is 5.16. The second kappa shape index (κ2) is 6.40. The molecule has 0 saturated heterocycles. The van der Waals surface area contributed by atoms with Gasteiger partial charge < -0.3 is 11.1 Å². The summed E-state index contributed by atoms with van der Waals surface area (Å²) < 4.78 is 0. The molecule has 0 saturated carbocycles. The first-order valence-corrected chi connectivity index (χ1v) is 6.25. The summed E-state index contributed by atoms with van der Waals surface area (Å²) in [5, 5.41) is 2.91. The second-order valence-corrected chi connectivity index (χ2v) is 4.95. The monoisotopic (exact) mass is 249 g/mol. The Labute approximate surface area is 109 Å². The van der Waals surface area contributed by atoms with Crippen LogP contribution in [0.1, 0.15) is 26.3 Å². The van der Waals surface area contributed by atoms with E-state index < -0.39 is 0 Å². The highest BCUT2D eigenvalue weighted by Crippen LogP contribution is 2.13. The minimum absolute atomic E-state index is 0.0435. The topological polar surface area (TPSA) is 58.4 Å². The number of carbonyl (C=O) groups excluding carboxylic acids is 1. The van der Waals surface area contributed by atoms with Gasteiger partial charge in [0.2, 0.25) is 5.91 Å². The largest absolute Gasteiger partial charge is 0.398 e. The van der Waals surface area contributed by atoms with Crippen LogP contribution in [0.25, 0.3) is 0 Å². The predicted octanol–water partition coefficient (Wildman–Crippen LogP) is 1.61. The fourth-order valence-corrected chi connectivity index (χ4v) is 1.69. The smallest absolute Gasteiger partial charge is 0.237 e. The number of anilines is 1. The van der Waals surface area contributed by atoms with Gasteiger partial charge >= 0.3 is 0 Å². The number of hydrogen-bond donors (Lipinski definition) is 2. The van der Waals surface area contributed by atoms with Gasteiger partial charge in [-0.05, 0) is 39.4 Å². The predicted molar refractivity (Wildman–Crippen MR) is 75.1 cm³/mol. The first-order valence-electron chi connectivity index (χ1n) is 6.25. The number of nitrogens with two attached hydrogens (primary N) is 1. The number of nitrogen functional groups attached to an aromatic ring is 1. The van der Waals surface area contributed by atoms with Gasteiger partial charge in [-0.15, -0.1) is 0 Å². The summed E-state index contributed by atoms with van der Waals surface area (Å²) in [5.41, 5.74) is 7.71. The molecule has 0 aliphatic heterocycles. The van der Waals surface area contributed by atoms with Gasteiger partial charge in [-0.1, -0.05) is 18.2 Å². The van der Waals surface area contributed by atoms with Gasteiger partial charge in [-0.2, -0.15) is 0 Å². The van der Waals surface area contributed by atoms with Crippen molar-refractivity contribution in [3.05, 3.63) is 29.8 Å².